The van der Waals surface area contributed by atoms with Crippen LogP contribution in [0.3, 0.4) is 0 Å². The number of hydrogen-bond donors (Lipinski definition) is 1. The van der Waals surface area contributed by atoms with Gasteiger partial charge in [-0.05, 0) is 12.5 Å². The van der Waals surface area contributed by atoms with Crippen LogP contribution in [0.1, 0.15) is 18.1 Å². The molecule has 1 aliphatic heterocycles. The van der Waals surface area contributed by atoms with E-state index < -0.39 is 4.92 Å². The van der Waals surface area contributed by atoms with Gasteiger partial charge in [-0.15, -0.1) is 10.2 Å². The van der Waals surface area contributed by atoms with Crippen LogP contribution in [0.2, 0.25) is 0 Å². The van der Waals surface area contributed by atoms with E-state index in [0.29, 0.717) is 6.54 Å². The predicted molar refractivity (Wildman–Crippen MR) is 66.6 cm³/mol. The third-order valence-electron chi connectivity index (χ3n) is 3.08. The summed E-state index contributed by atoms with van der Waals surface area (Å²) in [5.74, 6) is 2.02. The molecule has 0 saturated heterocycles. The maximum atomic E-state index is 10.9. The largest absolute Gasteiger partial charge is 0.357 e. The number of nitrogens with one attached hydrogen (secondary N) is 1. The number of nitro groups is 1. The molecule has 0 aliphatic carbocycles. The highest BCUT2D eigenvalue weighted by atomic mass is 16.6. The van der Waals surface area contributed by atoms with Gasteiger partial charge in [0.05, 0.1) is 11.5 Å². The first-order valence-corrected chi connectivity index (χ1v) is 6.00. The zero-order valence-electron chi connectivity index (χ0n) is 10.1. The average Bonchev–Trinajstić information content (AvgIpc) is 3.00. The van der Waals surface area contributed by atoms with Crippen LogP contribution in [0.4, 0.5) is 11.5 Å². The Kier molecular flexibility index (Phi) is 2.82. The number of nitrogens with zero attached hydrogens (tertiary/aromatic N) is 5. The molecule has 1 aliphatic rings. The lowest BCUT2D eigenvalue weighted by Crippen LogP contribution is -2.09. The second kappa shape index (κ2) is 4.63. The van der Waals surface area contributed by atoms with Gasteiger partial charge in [0, 0.05) is 25.2 Å². The first kappa shape index (κ1) is 11.6. The first-order valence-electron chi connectivity index (χ1n) is 6.00. The third-order valence-corrected chi connectivity index (χ3v) is 3.08. The molecule has 0 saturated carbocycles. The summed E-state index contributed by atoms with van der Waals surface area (Å²) in [7, 11) is 0. The van der Waals surface area contributed by atoms with Gasteiger partial charge in [0.2, 0.25) is 5.82 Å². The summed E-state index contributed by atoms with van der Waals surface area (Å²) in [5, 5.41) is 22.0. The molecule has 0 radical (unpaired) electrons. The van der Waals surface area contributed by atoms with E-state index in [9.17, 15) is 10.1 Å². The van der Waals surface area contributed by atoms with Crippen LogP contribution in [0, 0.1) is 10.1 Å². The lowest BCUT2D eigenvalue weighted by molar-refractivity contribution is -0.384. The number of rotatable bonds is 4. The molecule has 0 fully saturated rings. The smallest absolute Gasteiger partial charge is 0.311 e. The highest BCUT2D eigenvalue weighted by molar-refractivity contribution is 5.54. The molecule has 3 rings (SSSR count). The van der Waals surface area contributed by atoms with Crippen LogP contribution in [0.15, 0.2) is 18.3 Å². The molecule has 3 heterocycles. The Morgan fingerprint density at radius 2 is 2.37 bits per heavy atom. The maximum absolute atomic E-state index is 10.9. The van der Waals surface area contributed by atoms with Gasteiger partial charge in [-0.25, -0.2) is 4.98 Å². The van der Waals surface area contributed by atoms with Gasteiger partial charge >= 0.3 is 5.69 Å². The van der Waals surface area contributed by atoms with Gasteiger partial charge in [-0.3, -0.25) is 10.1 Å². The summed E-state index contributed by atoms with van der Waals surface area (Å²) in [5.41, 5.74) is -0.0383. The van der Waals surface area contributed by atoms with Crippen LogP contribution in [-0.2, 0) is 19.5 Å². The summed E-state index contributed by atoms with van der Waals surface area (Å²) >= 11 is 0. The van der Waals surface area contributed by atoms with Gasteiger partial charge in [-0.2, -0.15) is 0 Å². The molecule has 2 aromatic rings. The number of hydrogen-bond acceptors (Lipinski definition) is 6. The van der Waals surface area contributed by atoms with E-state index in [-0.39, 0.29) is 11.5 Å². The summed E-state index contributed by atoms with van der Waals surface area (Å²) in [4.78, 5) is 14.4. The Morgan fingerprint density at radius 3 is 3.21 bits per heavy atom. The lowest BCUT2D eigenvalue weighted by Gasteiger charge is -2.06. The third kappa shape index (κ3) is 2.12. The average molecular weight is 260 g/mol. The molecule has 0 spiro atoms. The summed E-state index contributed by atoms with van der Waals surface area (Å²) in [6.45, 7) is 1.29. The van der Waals surface area contributed by atoms with E-state index in [1.807, 2.05) is 4.57 Å². The maximum Gasteiger partial charge on any atom is 0.311 e. The van der Waals surface area contributed by atoms with Crippen molar-refractivity contribution in [3.63, 3.8) is 0 Å². The second-order valence-electron chi connectivity index (χ2n) is 4.27. The van der Waals surface area contributed by atoms with Crippen molar-refractivity contribution in [1.82, 2.24) is 19.7 Å². The zero-order chi connectivity index (χ0) is 13.2. The van der Waals surface area contributed by atoms with Gasteiger partial charge < -0.3 is 9.88 Å². The topological polar surface area (TPSA) is 98.8 Å². The molecule has 0 aromatic carbocycles. The van der Waals surface area contributed by atoms with Gasteiger partial charge in [0.25, 0.3) is 0 Å². The Hall–Kier alpha value is -2.51. The molecule has 98 valence electrons. The Labute approximate surface area is 108 Å². The standard InChI is InChI=1S/C11H12N6O2/c18-17(19)8-3-1-5-12-11(8)13-7-10-15-14-9-4-2-6-16(9)10/h1,3,5H,2,4,6-7H2,(H,12,13). The molecule has 1 N–H and O–H groups in total. The molecule has 0 amide bonds. The second-order valence-corrected chi connectivity index (χ2v) is 4.27. The SMILES string of the molecule is O=[N+]([O-])c1cccnc1NCc1nnc2n1CCC2. The van der Waals surface area contributed by atoms with Gasteiger partial charge in [-0.1, -0.05) is 0 Å². The number of anilines is 1. The van der Waals surface area contributed by atoms with Crippen molar-refractivity contribution in [2.24, 2.45) is 0 Å². The molecular formula is C11H12N6O2. The quantitative estimate of drug-likeness (QED) is 0.653. The van der Waals surface area contributed by atoms with Crippen molar-refractivity contribution >= 4 is 11.5 Å². The summed E-state index contributed by atoms with van der Waals surface area (Å²) in [6, 6.07) is 2.96. The zero-order valence-corrected chi connectivity index (χ0v) is 10.1. The molecule has 8 nitrogen and oxygen atoms in total. The van der Waals surface area contributed by atoms with E-state index in [0.717, 1.165) is 31.0 Å². The first-order chi connectivity index (χ1) is 9.25. The number of aryl methyl sites for hydroxylation is 1. The van der Waals surface area contributed by atoms with Crippen molar-refractivity contribution in [1.29, 1.82) is 0 Å². The van der Waals surface area contributed by atoms with E-state index in [2.05, 4.69) is 20.5 Å². The van der Waals surface area contributed by atoms with Crippen molar-refractivity contribution in [3.05, 3.63) is 40.1 Å². The van der Waals surface area contributed by atoms with E-state index in [1.54, 1.807) is 0 Å². The lowest BCUT2D eigenvalue weighted by atomic mass is 10.4. The molecule has 2 aromatic heterocycles. The molecule has 0 atom stereocenters. The molecule has 8 heteroatoms. The van der Waals surface area contributed by atoms with Crippen LogP contribution < -0.4 is 5.32 Å². The minimum atomic E-state index is -0.455. The Balaban J connectivity index is 1.77. The molecule has 0 bridgehead atoms. The normalized spacial score (nSPS) is 13.3. The minimum Gasteiger partial charge on any atom is -0.357 e. The highest BCUT2D eigenvalue weighted by Crippen LogP contribution is 2.21. The van der Waals surface area contributed by atoms with Crippen LogP contribution in [0.25, 0.3) is 0 Å². The molecule has 0 unspecified atom stereocenters. The number of fused-ring (bicyclic) bond motifs is 1. The predicted octanol–water partition coefficient (Wildman–Crippen LogP) is 1.14. The van der Waals surface area contributed by atoms with Crippen molar-refractivity contribution in [3.8, 4) is 0 Å². The summed E-state index contributed by atoms with van der Waals surface area (Å²) in [6.07, 6.45) is 3.53. The molecular weight excluding hydrogens is 248 g/mol. The Morgan fingerprint density at radius 1 is 1.47 bits per heavy atom. The molecule has 19 heavy (non-hydrogen) atoms. The number of pyridine rings is 1. The van der Waals surface area contributed by atoms with Crippen LogP contribution in [-0.4, -0.2) is 24.7 Å². The fraction of sp³-hybridized carbons (Fsp3) is 0.364. The fourth-order valence-electron chi connectivity index (χ4n) is 2.18. The van der Waals surface area contributed by atoms with Crippen LogP contribution >= 0.6 is 0 Å². The monoisotopic (exact) mass is 260 g/mol. The summed E-state index contributed by atoms with van der Waals surface area (Å²) < 4.78 is 2.04. The van der Waals surface area contributed by atoms with E-state index in [4.69, 9.17) is 0 Å². The van der Waals surface area contributed by atoms with Crippen molar-refractivity contribution in [2.75, 3.05) is 5.32 Å². The fourth-order valence-corrected chi connectivity index (χ4v) is 2.18. The van der Waals surface area contributed by atoms with E-state index in [1.165, 1.54) is 18.3 Å². The van der Waals surface area contributed by atoms with Gasteiger partial charge in [0.1, 0.15) is 5.82 Å². The van der Waals surface area contributed by atoms with Gasteiger partial charge in [0.15, 0.2) is 5.82 Å². The van der Waals surface area contributed by atoms with Crippen LogP contribution in [0.5, 0.6) is 0 Å². The van der Waals surface area contributed by atoms with Crippen molar-refractivity contribution < 1.29 is 4.92 Å². The number of aromatic nitrogens is 4. The van der Waals surface area contributed by atoms with E-state index >= 15 is 0 Å². The highest BCUT2D eigenvalue weighted by Gasteiger charge is 2.18. The Bertz CT molecular complexity index is 623. The van der Waals surface area contributed by atoms with Crippen molar-refractivity contribution in [2.45, 2.75) is 25.9 Å². The minimum absolute atomic E-state index is 0.0383.